The van der Waals surface area contributed by atoms with Crippen molar-refractivity contribution in [1.82, 2.24) is 4.98 Å². The van der Waals surface area contributed by atoms with Gasteiger partial charge >= 0.3 is 0 Å². The van der Waals surface area contributed by atoms with Crippen LogP contribution in [0.3, 0.4) is 0 Å². The Morgan fingerprint density at radius 2 is 1.63 bits per heavy atom. The average molecular weight is 401 g/mol. The van der Waals surface area contributed by atoms with E-state index in [1.165, 1.54) is 7.11 Å². The zero-order valence-corrected chi connectivity index (χ0v) is 16.0. The predicted octanol–water partition coefficient (Wildman–Crippen LogP) is 4.90. The lowest BCUT2D eigenvalue weighted by Crippen LogP contribution is -2.12. The van der Waals surface area contributed by atoms with Crippen molar-refractivity contribution >= 4 is 23.2 Å². The van der Waals surface area contributed by atoms with Crippen molar-refractivity contribution in [2.45, 2.75) is 0 Å². The van der Waals surface area contributed by atoms with Crippen molar-refractivity contribution in [1.29, 1.82) is 5.26 Å². The van der Waals surface area contributed by atoms with Gasteiger partial charge in [0, 0.05) is 16.8 Å². The number of nitrogens with one attached hydrogen (secondary N) is 1. The van der Waals surface area contributed by atoms with Crippen LogP contribution in [-0.2, 0) is 0 Å². The molecule has 7 heteroatoms. The number of rotatable bonds is 4. The van der Waals surface area contributed by atoms with Crippen LogP contribution in [0.4, 0.5) is 0 Å². The zero-order valence-electron chi connectivity index (χ0n) is 14.5. The summed E-state index contributed by atoms with van der Waals surface area (Å²) < 4.78 is 10.6. The molecule has 2 aromatic carbocycles. The summed E-state index contributed by atoms with van der Waals surface area (Å²) in [5.74, 6) is 1.10. The van der Waals surface area contributed by atoms with Crippen LogP contribution in [0.15, 0.2) is 47.3 Å². The number of methoxy groups -OCH3 is 2. The van der Waals surface area contributed by atoms with Crippen molar-refractivity contribution in [2.24, 2.45) is 0 Å². The Balaban J connectivity index is 2.22. The van der Waals surface area contributed by atoms with Gasteiger partial charge in [0.15, 0.2) is 11.5 Å². The Morgan fingerprint density at radius 1 is 0.926 bits per heavy atom. The van der Waals surface area contributed by atoms with Crippen LogP contribution in [0.2, 0.25) is 10.0 Å². The smallest absolute Gasteiger partial charge is 0.266 e. The van der Waals surface area contributed by atoms with Gasteiger partial charge in [-0.2, -0.15) is 5.26 Å². The third-order valence-corrected chi connectivity index (χ3v) is 4.81. The first kappa shape index (κ1) is 18.8. The summed E-state index contributed by atoms with van der Waals surface area (Å²) in [6.07, 6.45) is 0. The fourth-order valence-corrected chi connectivity index (χ4v) is 3.02. The van der Waals surface area contributed by atoms with Gasteiger partial charge in [0.1, 0.15) is 11.6 Å². The van der Waals surface area contributed by atoms with Crippen molar-refractivity contribution < 1.29 is 9.47 Å². The Kier molecular flexibility index (Phi) is 5.41. The van der Waals surface area contributed by atoms with Gasteiger partial charge in [-0.15, -0.1) is 0 Å². The SMILES string of the molecule is COc1ccc(-c2cc(-c3ccc(Cl)c(Cl)c3)c(C#N)c(=O)[nH]2)cc1OC. The molecule has 0 atom stereocenters. The van der Waals surface area contributed by atoms with Crippen LogP contribution in [0.1, 0.15) is 5.56 Å². The molecule has 1 heterocycles. The quantitative estimate of drug-likeness (QED) is 0.675. The predicted molar refractivity (Wildman–Crippen MR) is 106 cm³/mol. The Morgan fingerprint density at radius 3 is 2.26 bits per heavy atom. The van der Waals surface area contributed by atoms with Gasteiger partial charge in [-0.3, -0.25) is 4.79 Å². The molecule has 0 aliphatic carbocycles. The minimum atomic E-state index is -0.495. The highest BCUT2D eigenvalue weighted by atomic mass is 35.5. The van der Waals surface area contributed by atoms with Crippen LogP contribution in [0, 0.1) is 11.3 Å². The van der Waals surface area contributed by atoms with Gasteiger partial charge in [0.05, 0.1) is 24.3 Å². The lowest BCUT2D eigenvalue weighted by atomic mass is 9.99. The van der Waals surface area contributed by atoms with E-state index in [-0.39, 0.29) is 5.56 Å². The van der Waals surface area contributed by atoms with E-state index >= 15 is 0 Å². The number of halogens is 2. The van der Waals surface area contributed by atoms with Crippen LogP contribution in [0.25, 0.3) is 22.4 Å². The molecule has 0 amide bonds. The Labute approximate surface area is 165 Å². The second-order valence-corrected chi connectivity index (χ2v) is 6.43. The molecule has 3 rings (SSSR count). The molecule has 27 heavy (non-hydrogen) atoms. The summed E-state index contributed by atoms with van der Waals surface area (Å²) >= 11 is 12.1. The van der Waals surface area contributed by atoms with Crippen molar-refractivity contribution in [3.63, 3.8) is 0 Å². The molecule has 0 spiro atoms. The van der Waals surface area contributed by atoms with Crippen LogP contribution >= 0.6 is 23.2 Å². The molecule has 0 aliphatic heterocycles. The number of nitrogens with zero attached hydrogens (tertiary/aromatic N) is 1. The topological polar surface area (TPSA) is 75.1 Å². The molecular weight excluding hydrogens is 387 g/mol. The molecule has 0 fully saturated rings. The van der Waals surface area contributed by atoms with E-state index in [1.54, 1.807) is 49.6 Å². The second kappa shape index (κ2) is 7.75. The Bertz CT molecular complexity index is 1120. The van der Waals surface area contributed by atoms with Gasteiger partial charge in [0.2, 0.25) is 0 Å². The van der Waals surface area contributed by atoms with Gasteiger partial charge < -0.3 is 14.5 Å². The molecule has 0 saturated carbocycles. The molecule has 1 N–H and O–H groups in total. The molecule has 0 unspecified atom stereocenters. The largest absolute Gasteiger partial charge is 0.493 e. The fraction of sp³-hybridized carbons (Fsp3) is 0.100. The maximum atomic E-state index is 12.5. The van der Waals surface area contributed by atoms with Crippen molar-refractivity contribution in [3.05, 3.63) is 68.4 Å². The molecular formula is C20H14Cl2N2O3. The van der Waals surface area contributed by atoms with Crippen LogP contribution in [-0.4, -0.2) is 19.2 Å². The van der Waals surface area contributed by atoms with Gasteiger partial charge in [-0.05, 0) is 42.0 Å². The fourth-order valence-electron chi connectivity index (χ4n) is 2.72. The molecule has 1 aromatic heterocycles. The molecule has 3 aromatic rings. The van der Waals surface area contributed by atoms with Gasteiger partial charge in [-0.25, -0.2) is 0 Å². The third-order valence-electron chi connectivity index (χ3n) is 4.07. The van der Waals surface area contributed by atoms with E-state index in [0.717, 1.165) is 0 Å². The minimum Gasteiger partial charge on any atom is -0.493 e. The summed E-state index contributed by atoms with van der Waals surface area (Å²) in [6, 6.07) is 13.9. The standard InChI is InChI=1S/C20H14Cl2N2O3/c1-26-18-6-4-12(8-19(18)27-2)17-9-13(14(10-23)20(25)24-17)11-3-5-15(21)16(22)7-11/h3-9H,1-2H3,(H,24,25). The number of pyridine rings is 1. The van der Waals surface area contributed by atoms with E-state index in [2.05, 4.69) is 4.98 Å². The number of nitriles is 1. The Hall–Kier alpha value is -2.94. The number of aromatic nitrogens is 1. The van der Waals surface area contributed by atoms with E-state index in [0.29, 0.717) is 43.9 Å². The molecule has 136 valence electrons. The van der Waals surface area contributed by atoms with Gasteiger partial charge in [-0.1, -0.05) is 29.3 Å². The molecule has 0 bridgehead atoms. The summed E-state index contributed by atoms with van der Waals surface area (Å²) in [6.45, 7) is 0. The summed E-state index contributed by atoms with van der Waals surface area (Å²) in [5, 5.41) is 10.2. The first-order valence-electron chi connectivity index (χ1n) is 7.83. The first-order valence-corrected chi connectivity index (χ1v) is 8.59. The molecule has 5 nitrogen and oxygen atoms in total. The number of aromatic amines is 1. The lowest BCUT2D eigenvalue weighted by Gasteiger charge is -2.12. The minimum absolute atomic E-state index is 0.00221. The highest BCUT2D eigenvalue weighted by molar-refractivity contribution is 6.42. The molecule has 0 aliphatic rings. The maximum absolute atomic E-state index is 12.5. The summed E-state index contributed by atoms with van der Waals surface area (Å²) in [5.41, 5.74) is 1.82. The zero-order chi connectivity index (χ0) is 19.6. The summed E-state index contributed by atoms with van der Waals surface area (Å²) in [7, 11) is 3.08. The summed E-state index contributed by atoms with van der Waals surface area (Å²) in [4.78, 5) is 15.2. The number of hydrogen-bond acceptors (Lipinski definition) is 4. The number of benzene rings is 2. The van der Waals surface area contributed by atoms with Crippen molar-refractivity contribution in [2.75, 3.05) is 14.2 Å². The monoisotopic (exact) mass is 400 g/mol. The van der Waals surface area contributed by atoms with Crippen molar-refractivity contribution in [3.8, 4) is 40.0 Å². The van der Waals surface area contributed by atoms with E-state index in [9.17, 15) is 10.1 Å². The van der Waals surface area contributed by atoms with E-state index in [4.69, 9.17) is 32.7 Å². The number of H-pyrrole nitrogens is 1. The third kappa shape index (κ3) is 3.63. The highest BCUT2D eigenvalue weighted by Crippen LogP contribution is 2.34. The molecule has 0 saturated heterocycles. The highest BCUT2D eigenvalue weighted by Gasteiger charge is 2.15. The number of hydrogen-bond donors (Lipinski definition) is 1. The lowest BCUT2D eigenvalue weighted by molar-refractivity contribution is 0.355. The van der Waals surface area contributed by atoms with Crippen LogP contribution < -0.4 is 15.0 Å². The molecule has 0 radical (unpaired) electrons. The number of ether oxygens (including phenoxy) is 2. The second-order valence-electron chi connectivity index (χ2n) is 5.61. The van der Waals surface area contributed by atoms with Crippen LogP contribution in [0.5, 0.6) is 11.5 Å². The maximum Gasteiger partial charge on any atom is 0.266 e. The first-order chi connectivity index (χ1) is 13.0. The van der Waals surface area contributed by atoms with E-state index < -0.39 is 5.56 Å². The van der Waals surface area contributed by atoms with E-state index in [1.807, 2.05) is 6.07 Å². The normalized spacial score (nSPS) is 10.3. The van der Waals surface area contributed by atoms with Gasteiger partial charge in [0.25, 0.3) is 5.56 Å². The average Bonchev–Trinajstić information content (AvgIpc) is 2.68.